The summed E-state index contributed by atoms with van der Waals surface area (Å²) in [6.07, 6.45) is 3.19. The molecule has 0 spiro atoms. The van der Waals surface area contributed by atoms with Gasteiger partial charge in [-0.2, -0.15) is 0 Å². The number of rotatable bonds is 7. The summed E-state index contributed by atoms with van der Waals surface area (Å²) < 4.78 is 6.07. The zero-order valence-corrected chi connectivity index (χ0v) is 18.7. The summed E-state index contributed by atoms with van der Waals surface area (Å²) in [5.74, 6) is 1.55. The van der Waals surface area contributed by atoms with Gasteiger partial charge >= 0.3 is 0 Å². The molecule has 2 aromatic carbocycles. The van der Waals surface area contributed by atoms with Gasteiger partial charge in [-0.05, 0) is 43.9 Å². The second-order valence-electron chi connectivity index (χ2n) is 8.57. The normalized spacial score (nSPS) is 16.7. The van der Waals surface area contributed by atoms with Crippen molar-refractivity contribution in [1.29, 1.82) is 0 Å². The Morgan fingerprint density at radius 2 is 1.65 bits per heavy atom. The Morgan fingerprint density at radius 1 is 0.968 bits per heavy atom. The molecule has 1 aliphatic heterocycles. The SMILES string of the molecule is Cc1ncc(-c2ccc(OCC(O)CN3CCN(C(C)C)CC3)c3ccccc23)cn1. The highest BCUT2D eigenvalue weighted by molar-refractivity contribution is 5.99. The van der Waals surface area contributed by atoms with Crippen LogP contribution in [0.1, 0.15) is 19.7 Å². The molecule has 1 aromatic heterocycles. The Bertz CT molecular complexity index is 998. The minimum Gasteiger partial charge on any atom is -0.490 e. The van der Waals surface area contributed by atoms with Crippen LogP contribution in [-0.2, 0) is 0 Å². The lowest BCUT2D eigenvalue weighted by Crippen LogP contribution is -2.51. The second-order valence-corrected chi connectivity index (χ2v) is 8.57. The maximum atomic E-state index is 10.6. The number of aliphatic hydroxyl groups is 1. The van der Waals surface area contributed by atoms with Gasteiger partial charge in [0.1, 0.15) is 24.3 Å². The third-order valence-corrected chi connectivity index (χ3v) is 6.01. The fourth-order valence-corrected chi connectivity index (χ4v) is 4.18. The summed E-state index contributed by atoms with van der Waals surface area (Å²) in [6.45, 7) is 11.4. The first-order valence-corrected chi connectivity index (χ1v) is 11.1. The van der Waals surface area contributed by atoms with Crippen LogP contribution in [0.5, 0.6) is 5.75 Å². The van der Waals surface area contributed by atoms with E-state index >= 15 is 0 Å². The van der Waals surface area contributed by atoms with Gasteiger partial charge in [-0.25, -0.2) is 9.97 Å². The number of ether oxygens (including phenoxy) is 1. The van der Waals surface area contributed by atoms with Crippen molar-refractivity contribution < 1.29 is 9.84 Å². The fourth-order valence-electron chi connectivity index (χ4n) is 4.18. The lowest BCUT2D eigenvalue weighted by Gasteiger charge is -2.37. The van der Waals surface area contributed by atoms with E-state index in [4.69, 9.17) is 4.74 Å². The molecule has 4 rings (SSSR count). The summed E-state index contributed by atoms with van der Waals surface area (Å²) in [5.41, 5.74) is 2.06. The quantitative estimate of drug-likeness (QED) is 0.632. The summed E-state index contributed by atoms with van der Waals surface area (Å²) in [7, 11) is 0. The number of hydrogen-bond acceptors (Lipinski definition) is 6. The Kier molecular flexibility index (Phi) is 6.80. The molecule has 6 nitrogen and oxygen atoms in total. The largest absolute Gasteiger partial charge is 0.490 e. The van der Waals surface area contributed by atoms with Crippen LogP contribution >= 0.6 is 0 Å². The standard InChI is InChI=1S/C25H32N4O2/c1-18(2)29-12-10-28(11-13-29)16-21(30)17-31-25-9-8-22(20-14-26-19(3)27-15-20)23-6-4-5-7-24(23)25/h4-9,14-15,18,21,30H,10-13,16-17H2,1-3H3. The van der Waals surface area contributed by atoms with Crippen LogP contribution in [0.15, 0.2) is 48.8 Å². The lowest BCUT2D eigenvalue weighted by atomic mass is 9.99. The van der Waals surface area contributed by atoms with Crippen molar-refractivity contribution in [2.45, 2.75) is 32.9 Å². The number of piperazine rings is 1. The molecule has 1 unspecified atom stereocenters. The molecule has 1 fully saturated rings. The summed E-state index contributed by atoms with van der Waals surface area (Å²) in [4.78, 5) is 13.5. The molecule has 1 saturated heterocycles. The van der Waals surface area contributed by atoms with Crippen LogP contribution in [0.2, 0.25) is 0 Å². The molecule has 0 saturated carbocycles. The first-order chi connectivity index (χ1) is 15.0. The zero-order chi connectivity index (χ0) is 21.8. The molecule has 6 heteroatoms. The van der Waals surface area contributed by atoms with E-state index in [0.717, 1.165) is 59.7 Å². The van der Waals surface area contributed by atoms with E-state index in [1.807, 2.05) is 43.6 Å². The maximum absolute atomic E-state index is 10.6. The highest BCUT2D eigenvalue weighted by Gasteiger charge is 2.21. The first kappa shape index (κ1) is 21.7. The molecule has 1 atom stereocenters. The molecule has 2 heterocycles. The minimum absolute atomic E-state index is 0.279. The van der Waals surface area contributed by atoms with Crippen LogP contribution in [0.3, 0.4) is 0 Å². The van der Waals surface area contributed by atoms with Gasteiger partial charge in [-0.15, -0.1) is 0 Å². The highest BCUT2D eigenvalue weighted by Crippen LogP contribution is 2.34. The monoisotopic (exact) mass is 420 g/mol. The predicted octanol–water partition coefficient (Wildman–Crippen LogP) is 3.37. The number of aryl methyl sites for hydroxylation is 1. The van der Waals surface area contributed by atoms with Gasteiger partial charge in [0.2, 0.25) is 0 Å². The number of hydrogen-bond donors (Lipinski definition) is 1. The van der Waals surface area contributed by atoms with Crippen molar-refractivity contribution in [2.24, 2.45) is 0 Å². The average Bonchev–Trinajstić information content (AvgIpc) is 2.78. The summed E-state index contributed by atoms with van der Waals surface area (Å²) in [6, 6.07) is 12.8. The maximum Gasteiger partial charge on any atom is 0.127 e. The number of benzene rings is 2. The smallest absolute Gasteiger partial charge is 0.127 e. The highest BCUT2D eigenvalue weighted by atomic mass is 16.5. The predicted molar refractivity (Wildman–Crippen MR) is 124 cm³/mol. The van der Waals surface area contributed by atoms with Crippen molar-refractivity contribution in [2.75, 3.05) is 39.3 Å². The van der Waals surface area contributed by atoms with E-state index in [-0.39, 0.29) is 6.61 Å². The molecule has 1 N–H and O–H groups in total. The number of nitrogens with zero attached hydrogens (tertiary/aromatic N) is 4. The Balaban J connectivity index is 1.42. The first-order valence-electron chi connectivity index (χ1n) is 11.1. The molecule has 31 heavy (non-hydrogen) atoms. The molecular formula is C25H32N4O2. The van der Waals surface area contributed by atoms with Crippen molar-refractivity contribution in [3.8, 4) is 16.9 Å². The van der Waals surface area contributed by atoms with E-state index in [2.05, 4.69) is 45.7 Å². The Hall–Kier alpha value is -2.54. The third-order valence-electron chi connectivity index (χ3n) is 6.01. The van der Waals surface area contributed by atoms with Crippen LogP contribution < -0.4 is 4.74 Å². The van der Waals surface area contributed by atoms with Crippen LogP contribution in [-0.4, -0.2) is 76.4 Å². The molecular weight excluding hydrogens is 388 g/mol. The number of β-amino-alcohol motifs (C(OH)–C–C–N with tert-alkyl or cyclic N) is 1. The summed E-state index contributed by atoms with van der Waals surface area (Å²) in [5, 5.41) is 12.7. The zero-order valence-electron chi connectivity index (χ0n) is 18.7. The van der Waals surface area contributed by atoms with Crippen molar-refractivity contribution in [1.82, 2.24) is 19.8 Å². The Labute approximate surface area is 184 Å². The van der Waals surface area contributed by atoms with E-state index in [1.165, 1.54) is 0 Å². The fraction of sp³-hybridized carbons (Fsp3) is 0.440. The van der Waals surface area contributed by atoms with Crippen LogP contribution in [0.4, 0.5) is 0 Å². The number of fused-ring (bicyclic) bond motifs is 1. The molecule has 1 aliphatic rings. The van der Waals surface area contributed by atoms with Crippen LogP contribution in [0.25, 0.3) is 21.9 Å². The molecule has 164 valence electrons. The minimum atomic E-state index is -0.519. The van der Waals surface area contributed by atoms with Gasteiger partial charge in [0.15, 0.2) is 0 Å². The molecule has 0 radical (unpaired) electrons. The molecule has 0 bridgehead atoms. The number of aliphatic hydroxyl groups excluding tert-OH is 1. The molecule has 0 amide bonds. The van der Waals surface area contributed by atoms with Gasteiger partial charge in [0, 0.05) is 62.1 Å². The van der Waals surface area contributed by atoms with Crippen molar-refractivity contribution in [3.05, 3.63) is 54.6 Å². The lowest BCUT2D eigenvalue weighted by molar-refractivity contribution is 0.0403. The third kappa shape index (κ3) is 5.21. The Morgan fingerprint density at radius 3 is 2.32 bits per heavy atom. The van der Waals surface area contributed by atoms with Gasteiger partial charge < -0.3 is 9.84 Å². The van der Waals surface area contributed by atoms with Gasteiger partial charge in [0.25, 0.3) is 0 Å². The van der Waals surface area contributed by atoms with Gasteiger partial charge in [-0.1, -0.05) is 24.3 Å². The van der Waals surface area contributed by atoms with E-state index in [9.17, 15) is 5.11 Å². The molecule has 0 aliphatic carbocycles. The number of aromatic nitrogens is 2. The average molecular weight is 421 g/mol. The van der Waals surface area contributed by atoms with Gasteiger partial charge in [-0.3, -0.25) is 9.80 Å². The van der Waals surface area contributed by atoms with Crippen molar-refractivity contribution in [3.63, 3.8) is 0 Å². The molecule has 3 aromatic rings. The van der Waals surface area contributed by atoms with E-state index < -0.39 is 6.10 Å². The van der Waals surface area contributed by atoms with E-state index in [0.29, 0.717) is 12.6 Å². The topological polar surface area (TPSA) is 61.7 Å². The van der Waals surface area contributed by atoms with Crippen molar-refractivity contribution >= 4 is 10.8 Å². The summed E-state index contributed by atoms with van der Waals surface area (Å²) >= 11 is 0. The second kappa shape index (κ2) is 9.73. The van der Waals surface area contributed by atoms with Gasteiger partial charge in [0.05, 0.1) is 0 Å². The van der Waals surface area contributed by atoms with Crippen LogP contribution in [0, 0.1) is 6.92 Å². The van der Waals surface area contributed by atoms with E-state index in [1.54, 1.807) is 0 Å².